The number of carboxylic acids is 4. The van der Waals surface area contributed by atoms with E-state index in [9.17, 15) is 72.9 Å². The molecule has 3 rings (SSSR count). The zero-order valence-electron chi connectivity index (χ0n) is 43.4. The van der Waals surface area contributed by atoms with Crippen LogP contribution in [0.5, 0.6) is 0 Å². The van der Waals surface area contributed by atoms with Crippen LogP contribution in [0.2, 0.25) is 0 Å². The summed E-state index contributed by atoms with van der Waals surface area (Å²) in [5.41, 5.74) is 7.03. The fraction of sp³-hybridized carbons (Fsp3) is 0.529. The molecule has 2 aromatic carbocycles. The molecule has 0 saturated carbocycles. The molecule has 1 heterocycles. The van der Waals surface area contributed by atoms with Crippen molar-refractivity contribution in [3.63, 3.8) is 0 Å². The molecule has 9 atom stereocenters. The highest BCUT2D eigenvalue weighted by atomic mass is 79.9. The maximum Gasteiger partial charge on any atom is 0.326 e. The largest absolute Gasteiger partial charge is 0.481 e. The molecule has 0 aliphatic carbocycles. The molecular weight excluding hydrogens is 1070 g/mol. The van der Waals surface area contributed by atoms with Crippen LogP contribution < -0.4 is 43.0 Å². The minimum atomic E-state index is -1.84. The molecule has 13 N–H and O–H groups in total. The lowest BCUT2D eigenvalue weighted by molar-refractivity contribution is -0.144. The molecule has 0 unspecified atom stereocenters. The summed E-state index contributed by atoms with van der Waals surface area (Å²) in [6.07, 6.45) is -2.59. The minimum absolute atomic E-state index is 0.0107. The zero-order chi connectivity index (χ0) is 57.7. The number of hydrogen-bond donors (Lipinski definition) is 12. The van der Waals surface area contributed by atoms with Gasteiger partial charge in [-0.15, -0.1) is 0 Å². The van der Waals surface area contributed by atoms with Crippen molar-refractivity contribution in [3.05, 3.63) is 70.2 Å². The number of halogens is 1. The molecule has 25 nitrogen and oxygen atoms in total. The van der Waals surface area contributed by atoms with E-state index >= 15 is 0 Å². The van der Waals surface area contributed by atoms with E-state index in [0.717, 1.165) is 6.92 Å². The summed E-state index contributed by atoms with van der Waals surface area (Å²) in [5, 5.41) is 55.2. The SMILES string of the molecule is CC(C)C[C@H](NC(=O)[C@@H](NC(=O)[C@@H](N)CCC(=O)O)C(C)C)C(=O)N[C@@H](Cc1ccc(Br)cc1)C(=O)N1CCC[C@@H]1C(=O)N[C@@H](CC(=O)O)C(=O)N[C@@H](C)C(=O)N[C@@H](CCC(=O)O)C(=O)N[C@@H](Cc1ccccc1)C(=O)O. The lowest BCUT2D eigenvalue weighted by atomic mass is 9.98. The standard InChI is InChI=1S/C51H70BrN9O16/c1-26(2)22-34(57-49(74)42(27(3)4)60-44(69)32(53)17-19-39(62)63)47(72)58-36(23-30-13-15-31(52)16-14-30)50(75)61-21-9-12-38(61)48(73)56-35(25-41(66)67)46(71)54-28(5)43(68)55-33(18-20-40(64)65)45(70)59-37(51(76)77)24-29-10-7-6-8-11-29/h6-8,10-11,13-16,26-28,32-38,42H,9,12,17-25,53H2,1-5H3,(H,54,71)(H,55,68)(H,56,73)(H,57,74)(H,58,72)(H,59,70)(H,60,69)(H,62,63)(H,64,65)(H,66,67)(H,76,77)/t28-,32-,33-,34-,35-,36-,37-,38+,42-/m0/s1. The van der Waals surface area contributed by atoms with Crippen LogP contribution in [-0.4, -0.2) is 157 Å². The van der Waals surface area contributed by atoms with Crippen molar-refractivity contribution >= 4 is 87.1 Å². The van der Waals surface area contributed by atoms with Crippen molar-refractivity contribution in [2.75, 3.05) is 6.54 Å². The summed E-state index contributed by atoms with van der Waals surface area (Å²) in [6.45, 7) is 8.00. The number of carbonyl (C=O) groups excluding carboxylic acids is 8. The van der Waals surface area contributed by atoms with Gasteiger partial charge in [0.25, 0.3) is 0 Å². The van der Waals surface area contributed by atoms with Crippen LogP contribution in [0.25, 0.3) is 0 Å². The number of nitrogens with one attached hydrogen (secondary N) is 7. The molecule has 26 heteroatoms. The number of nitrogens with zero attached hydrogens (tertiary/aromatic N) is 1. The quantitative estimate of drug-likeness (QED) is 0.0471. The highest BCUT2D eigenvalue weighted by Crippen LogP contribution is 2.22. The molecule has 0 bridgehead atoms. The van der Waals surface area contributed by atoms with Gasteiger partial charge in [0.15, 0.2) is 0 Å². The average Bonchev–Trinajstić information content (AvgIpc) is 3.85. The second-order valence-corrected chi connectivity index (χ2v) is 20.4. The van der Waals surface area contributed by atoms with Gasteiger partial charge < -0.3 is 68.3 Å². The van der Waals surface area contributed by atoms with E-state index < -0.39 is 151 Å². The third kappa shape index (κ3) is 21.6. The van der Waals surface area contributed by atoms with Crippen LogP contribution in [0.3, 0.4) is 0 Å². The number of amides is 8. The number of carbonyl (C=O) groups is 12. The fourth-order valence-electron chi connectivity index (χ4n) is 8.19. The highest BCUT2D eigenvalue weighted by molar-refractivity contribution is 9.10. The van der Waals surface area contributed by atoms with Crippen LogP contribution in [-0.2, 0) is 70.4 Å². The Balaban J connectivity index is 1.83. The average molecular weight is 1150 g/mol. The van der Waals surface area contributed by atoms with Crippen molar-refractivity contribution in [2.24, 2.45) is 17.6 Å². The molecule has 2 aromatic rings. The summed E-state index contributed by atoms with van der Waals surface area (Å²) in [7, 11) is 0. The van der Waals surface area contributed by atoms with Crippen molar-refractivity contribution in [2.45, 2.75) is 153 Å². The van der Waals surface area contributed by atoms with Gasteiger partial charge >= 0.3 is 23.9 Å². The number of hydrogen-bond acceptors (Lipinski definition) is 13. The van der Waals surface area contributed by atoms with Crippen LogP contribution in [0.4, 0.5) is 0 Å². The summed E-state index contributed by atoms with van der Waals surface area (Å²) in [6, 6.07) is 2.24. The second-order valence-electron chi connectivity index (χ2n) is 19.5. The van der Waals surface area contributed by atoms with Gasteiger partial charge in [-0.05, 0) is 74.1 Å². The lowest BCUT2D eigenvalue weighted by Crippen LogP contribution is -2.61. The van der Waals surface area contributed by atoms with Crippen LogP contribution in [0.1, 0.15) is 97.1 Å². The van der Waals surface area contributed by atoms with Gasteiger partial charge in [0.05, 0.1) is 12.5 Å². The summed E-state index contributed by atoms with van der Waals surface area (Å²) < 4.78 is 0.710. The zero-order valence-corrected chi connectivity index (χ0v) is 45.0. The number of carboxylic acid groups (broad SMARTS) is 4. The van der Waals surface area contributed by atoms with E-state index in [2.05, 4.69) is 53.1 Å². The van der Waals surface area contributed by atoms with Crippen LogP contribution >= 0.6 is 15.9 Å². The Morgan fingerprint density at radius 1 is 0.584 bits per heavy atom. The van der Waals surface area contributed by atoms with E-state index in [4.69, 9.17) is 10.8 Å². The highest BCUT2D eigenvalue weighted by Gasteiger charge is 2.41. The Hall–Kier alpha value is -7.48. The molecule has 422 valence electrons. The molecule has 8 amide bonds. The first-order valence-corrected chi connectivity index (χ1v) is 25.8. The Kier molecular flexibility index (Phi) is 25.6. The van der Waals surface area contributed by atoms with Gasteiger partial charge in [0, 0.05) is 36.7 Å². The normalized spacial score (nSPS) is 16.2. The number of likely N-dealkylation sites (tertiary alicyclic amines) is 1. The second kappa shape index (κ2) is 30.9. The van der Waals surface area contributed by atoms with Gasteiger partial charge in [-0.2, -0.15) is 0 Å². The predicted molar refractivity (Wildman–Crippen MR) is 278 cm³/mol. The first-order chi connectivity index (χ1) is 36.2. The number of aliphatic carboxylic acids is 4. The third-order valence-electron chi connectivity index (χ3n) is 12.3. The molecule has 1 aliphatic rings. The van der Waals surface area contributed by atoms with Gasteiger partial charge in [0.1, 0.15) is 48.3 Å². The molecule has 1 saturated heterocycles. The topological polar surface area (TPSA) is 399 Å². The maximum atomic E-state index is 14.7. The first kappa shape index (κ1) is 63.8. The molecule has 1 fully saturated rings. The lowest BCUT2D eigenvalue weighted by Gasteiger charge is -2.31. The molecule has 0 spiro atoms. The van der Waals surface area contributed by atoms with Crippen molar-refractivity contribution in [3.8, 4) is 0 Å². The fourth-order valence-corrected chi connectivity index (χ4v) is 8.45. The summed E-state index contributed by atoms with van der Waals surface area (Å²) in [4.78, 5) is 158. The first-order valence-electron chi connectivity index (χ1n) is 25.0. The van der Waals surface area contributed by atoms with E-state index in [1.54, 1.807) is 82.3 Å². The maximum absolute atomic E-state index is 14.7. The Labute approximate surface area is 453 Å². The van der Waals surface area contributed by atoms with E-state index in [1.165, 1.54) is 4.90 Å². The van der Waals surface area contributed by atoms with Gasteiger partial charge in [-0.3, -0.25) is 52.7 Å². The van der Waals surface area contributed by atoms with Gasteiger partial charge in [0.2, 0.25) is 47.3 Å². The van der Waals surface area contributed by atoms with Crippen LogP contribution in [0, 0.1) is 11.8 Å². The molecule has 1 aliphatic heterocycles. The van der Waals surface area contributed by atoms with E-state index in [-0.39, 0.29) is 57.4 Å². The Morgan fingerprint density at radius 2 is 1.12 bits per heavy atom. The Morgan fingerprint density at radius 3 is 1.69 bits per heavy atom. The molecule has 0 radical (unpaired) electrons. The summed E-state index contributed by atoms with van der Waals surface area (Å²) >= 11 is 3.37. The molecule has 77 heavy (non-hydrogen) atoms. The van der Waals surface area contributed by atoms with Gasteiger partial charge in [-0.1, -0.05) is 86.1 Å². The predicted octanol–water partition coefficient (Wildman–Crippen LogP) is -0.0429. The van der Waals surface area contributed by atoms with E-state index in [0.29, 0.717) is 15.6 Å². The van der Waals surface area contributed by atoms with Crippen molar-refractivity contribution in [1.29, 1.82) is 0 Å². The number of nitrogens with two attached hydrogens (primary N) is 1. The van der Waals surface area contributed by atoms with Crippen molar-refractivity contribution in [1.82, 2.24) is 42.1 Å². The van der Waals surface area contributed by atoms with Gasteiger partial charge in [-0.25, -0.2) is 4.79 Å². The number of benzene rings is 2. The summed E-state index contributed by atoms with van der Waals surface area (Å²) in [5.74, 6) is -13.4. The monoisotopic (exact) mass is 1140 g/mol. The Bertz CT molecular complexity index is 2440. The van der Waals surface area contributed by atoms with Crippen LogP contribution in [0.15, 0.2) is 59.1 Å². The van der Waals surface area contributed by atoms with E-state index in [1.807, 2.05) is 0 Å². The smallest absolute Gasteiger partial charge is 0.326 e. The number of rotatable bonds is 31. The minimum Gasteiger partial charge on any atom is -0.481 e. The third-order valence-corrected chi connectivity index (χ3v) is 12.9. The van der Waals surface area contributed by atoms with Crippen molar-refractivity contribution < 1.29 is 78.0 Å². The molecular formula is C51H70BrN9O16. The molecule has 0 aromatic heterocycles.